The molecule has 1 aliphatic carbocycles. The highest BCUT2D eigenvalue weighted by Crippen LogP contribution is 2.42. The van der Waals surface area contributed by atoms with Crippen LogP contribution in [-0.4, -0.2) is 52.9 Å². The molecule has 0 bridgehead atoms. The van der Waals surface area contributed by atoms with Crippen LogP contribution in [0.5, 0.6) is 0 Å². The van der Waals surface area contributed by atoms with Gasteiger partial charge in [0.25, 0.3) is 0 Å². The van der Waals surface area contributed by atoms with Crippen LogP contribution in [-0.2, 0) is 17.8 Å². The summed E-state index contributed by atoms with van der Waals surface area (Å²) >= 11 is 0. The van der Waals surface area contributed by atoms with Gasteiger partial charge in [-0.05, 0) is 42.3 Å². The molecule has 0 aromatic heterocycles. The summed E-state index contributed by atoms with van der Waals surface area (Å²) in [7, 11) is 0. The average Bonchev–Trinajstić information content (AvgIpc) is 2.99. The number of aryl methyl sites for hydroxylation is 1. The number of amides is 1. The van der Waals surface area contributed by atoms with Crippen LogP contribution in [0.4, 0.5) is 0 Å². The average molecular weight is 344 g/mol. The van der Waals surface area contributed by atoms with E-state index in [0.717, 1.165) is 25.9 Å². The first-order valence-electron chi connectivity index (χ1n) is 9.50. The van der Waals surface area contributed by atoms with Gasteiger partial charge in [-0.25, -0.2) is 0 Å². The molecule has 1 saturated carbocycles. The molecule has 1 amide bonds. The Hall–Kier alpha value is -1.43. The van der Waals surface area contributed by atoms with Crippen molar-refractivity contribution in [3.05, 3.63) is 35.4 Å². The standard InChI is InChI=1S/C20H28N2O3/c1-12-17(15-9-21-10-16(15)19(24)18(12)23)20(25)22-8-4-7-13-5-2-3-6-14(13)11-22/h2-3,5-6,12,15-19,21,23-24H,4,7-11H2,1H3/t12-,15+,16+,17+,18+,19+/m1/s1. The predicted molar refractivity (Wildman–Crippen MR) is 94.7 cm³/mol. The molecule has 2 fully saturated rings. The van der Waals surface area contributed by atoms with E-state index in [9.17, 15) is 15.0 Å². The maximum Gasteiger partial charge on any atom is 0.226 e. The molecular formula is C20H28N2O3. The third kappa shape index (κ3) is 2.88. The lowest BCUT2D eigenvalue weighted by molar-refractivity contribution is -0.156. The van der Waals surface area contributed by atoms with Crippen molar-refractivity contribution in [3.8, 4) is 0 Å². The topological polar surface area (TPSA) is 72.8 Å². The molecule has 3 aliphatic rings. The Bertz CT molecular complexity index is 650. The number of aliphatic hydroxyl groups is 2. The summed E-state index contributed by atoms with van der Waals surface area (Å²) in [5.41, 5.74) is 2.57. The SMILES string of the molecule is C[C@H]1[C@H](O)[C@@H](O)[C@H]2CNC[C@@H]2[C@H]1C(=O)N1CCCc2ccccc2C1. The Kier molecular flexibility index (Phi) is 4.56. The third-order valence-electron chi connectivity index (χ3n) is 6.62. The van der Waals surface area contributed by atoms with Crippen molar-refractivity contribution in [2.45, 2.75) is 38.5 Å². The molecule has 6 atom stereocenters. The van der Waals surface area contributed by atoms with Gasteiger partial charge in [0.15, 0.2) is 0 Å². The normalized spacial score (nSPS) is 38.0. The van der Waals surface area contributed by atoms with Crippen molar-refractivity contribution < 1.29 is 15.0 Å². The quantitative estimate of drug-likeness (QED) is 0.704. The summed E-state index contributed by atoms with van der Waals surface area (Å²) in [5.74, 6) is -0.210. The predicted octanol–water partition coefficient (Wildman–Crippen LogP) is 0.785. The lowest BCUT2D eigenvalue weighted by Gasteiger charge is -2.45. The molecule has 0 radical (unpaired) electrons. The number of nitrogens with zero attached hydrogens (tertiary/aromatic N) is 1. The number of benzene rings is 1. The van der Waals surface area contributed by atoms with E-state index in [2.05, 4.69) is 23.5 Å². The highest BCUT2D eigenvalue weighted by Gasteiger charge is 2.52. The van der Waals surface area contributed by atoms with E-state index < -0.39 is 12.2 Å². The van der Waals surface area contributed by atoms with Gasteiger partial charge in [0.2, 0.25) is 5.91 Å². The van der Waals surface area contributed by atoms with Crippen LogP contribution in [0.25, 0.3) is 0 Å². The summed E-state index contributed by atoms with van der Waals surface area (Å²) < 4.78 is 0. The summed E-state index contributed by atoms with van der Waals surface area (Å²) in [6, 6.07) is 8.37. The number of carbonyl (C=O) groups is 1. The van der Waals surface area contributed by atoms with Crippen molar-refractivity contribution in [3.63, 3.8) is 0 Å². The Morgan fingerprint density at radius 3 is 2.64 bits per heavy atom. The number of nitrogens with one attached hydrogen (secondary N) is 1. The highest BCUT2D eigenvalue weighted by atomic mass is 16.3. The Balaban J connectivity index is 1.59. The van der Waals surface area contributed by atoms with Crippen molar-refractivity contribution in [1.82, 2.24) is 10.2 Å². The van der Waals surface area contributed by atoms with Gasteiger partial charge in [0.1, 0.15) is 0 Å². The molecule has 1 saturated heterocycles. The molecule has 1 aromatic rings. The van der Waals surface area contributed by atoms with Gasteiger partial charge in [0.05, 0.1) is 12.2 Å². The van der Waals surface area contributed by atoms with Crippen LogP contribution < -0.4 is 5.32 Å². The summed E-state index contributed by atoms with van der Waals surface area (Å²) in [6.07, 6.45) is 0.425. The van der Waals surface area contributed by atoms with Crippen molar-refractivity contribution in [2.75, 3.05) is 19.6 Å². The Labute approximate surface area is 149 Å². The number of fused-ring (bicyclic) bond motifs is 2. The molecule has 25 heavy (non-hydrogen) atoms. The molecule has 1 aromatic carbocycles. The molecule has 2 heterocycles. The lowest BCUT2D eigenvalue weighted by atomic mass is 9.65. The van der Waals surface area contributed by atoms with E-state index in [0.29, 0.717) is 13.1 Å². The van der Waals surface area contributed by atoms with E-state index in [1.165, 1.54) is 11.1 Å². The first kappa shape index (κ1) is 17.0. The second-order valence-corrected chi connectivity index (χ2v) is 7.98. The van der Waals surface area contributed by atoms with Crippen LogP contribution in [0.3, 0.4) is 0 Å². The minimum atomic E-state index is -0.825. The van der Waals surface area contributed by atoms with E-state index in [4.69, 9.17) is 0 Å². The molecular weight excluding hydrogens is 316 g/mol. The fraction of sp³-hybridized carbons (Fsp3) is 0.650. The van der Waals surface area contributed by atoms with Gasteiger partial charge in [-0.2, -0.15) is 0 Å². The molecule has 5 heteroatoms. The molecule has 3 N–H and O–H groups in total. The maximum atomic E-state index is 13.4. The fourth-order valence-electron chi connectivity index (χ4n) is 5.16. The Morgan fingerprint density at radius 2 is 1.84 bits per heavy atom. The largest absolute Gasteiger partial charge is 0.390 e. The highest BCUT2D eigenvalue weighted by molar-refractivity contribution is 5.80. The second-order valence-electron chi connectivity index (χ2n) is 7.98. The van der Waals surface area contributed by atoms with Crippen LogP contribution in [0.1, 0.15) is 24.5 Å². The van der Waals surface area contributed by atoms with E-state index >= 15 is 0 Å². The summed E-state index contributed by atoms with van der Waals surface area (Å²) in [6.45, 7) is 4.76. The zero-order valence-corrected chi connectivity index (χ0v) is 14.8. The van der Waals surface area contributed by atoms with Crippen molar-refractivity contribution >= 4 is 5.91 Å². The number of carbonyl (C=O) groups excluding carboxylic acids is 1. The van der Waals surface area contributed by atoms with E-state index in [-0.39, 0.29) is 29.6 Å². The summed E-state index contributed by atoms with van der Waals surface area (Å²) in [4.78, 5) is 15.4. The van der Waals surface area contributed by atoms with Gasteiger partial charge in [0, 0.05) is 31.5 Å². The smallest absolute Gasteiger partial charge is 0.226 e. The van der Waals surface area contributed by atoms with Crippen molar-refractivity contribution in [1.29, 1.82) is 0 Å². The van der Waals surface area contributed by atoms with Crippen LogP contribution in [0.15, 0.2) is 24.3 Å². The van der Waals surface area contributed by atoms with Gasteiger partial charge >= 0.3 is 0 Å². The van der Waals surface area contributed by atoms with E-state index in [1.807, 2.05) is 17.9 Å². The molecule has 2 aliphatic heterocycles. The molecule has 136 valence electrons. The van der Waals surface area contributed by atoms with Crippen LogP contribution in [0, 0.1) is 23.7 Å². The maximum absolute atomic E-state index is 13.4. The van der Waals surface area contributed by atoms with Gasteiger partial charge in [-0.3, -0.25) is 4.79 Å². The number of hydrogen-bond donors (Lipinski definition) is 3. The number of aliphatic hydroxyl groups excluding tert-OH is 2. The summed E-state index contributed by atoms with van der Waals surface area (Å²) in [5, 5.41) is 24.2. The van der Waals surface area contributed by atoms with Gasteiger partial charge in [-0.15, -0.1) is 0 Å². The molecule has 0 spiro atoms. The first-order valence-corrected chi connectivity index (χ1v) is 9.50. The number of hydrogen-bond acceptors (Lipinski definition) is 4. The molecule has 4 rings (SSSR count). The minimum Gasteiger partial charge on any atom is -0.390 e. The van der Waals surface area contributed by atoms with Crippen LogP contribution in [0.2, 0.25) is 0 Å². The second kappa shape index (κ2) is 6.71. The first-order chi connectivity index (χ1) is 12.1. The fourth-order valence-corrected chi connectivity index (χ4v) is 5.16. The number of rotatable bonds is 1. The monoisotopic (exact) mass is 344 g/mol. The van der Waals surface area contributed by atoms with Crippen LogP contribution >= 0.6 is 0 Å². The molecule has 0 unspecified atom stereocenters. The molecule has 5 nitrogen and oxygen atoms in total. The van der Waals surface area contributed by atoms with Crippen molar-refractivity contribution in [2.24, 2.45) is 23.7 Å². The third-order valence-corrected chi connectivity index (χ3v) is 6.62. The van der Waals surface area contributed by atoms with E-state index in [1.54, 1.807) is 0 Å². The zero-order valence-electron chi connectivity index (χ0n) is 14.8. The minimum absolute atomic E-state index is 0.0283. The lowest BCUT2D eigenvalue weighted by Crippen LogP contribution is -2.56. The zero-order chi connectivity index (χ0) is 17.6. The Morgan fingerprint density at radius 1 is 1.12 bits per heavy atom. The van der Waals surface area contributed by atoms with Gasteiger partial charge in [-0.1, -0.05) is 31.2 Å². The van der Waals surface area contributed by atoms with Gasteiger partial charge < -0.3 is 20.4 Å².